The minimum atomic E-state index is -0.591. The molecule has 1 aliphatic rings. The molecule has 1 atom stereocenters. The van der Waals surface area contributed by atoms with Gasteiger partial charge in [-0.1, -0.05) is 53.8 Å². The molecule has 0 spiro atoms. The number of hydrogen-bond acceptors (Lipinski definition) is 4. The number of aromatic nitrogens is 1. The van der Waals surface area contributed by atoms with Crippen molar-refractivity contribution in [3.05, 3.63) is 82.1 Å². The Hall–Kier alpha value is -2.86. The quantitative estimate of drug-likeness (QED) is 0.745. The van der Waals surface area contributed by atoms with E-state index < -0.39 is 11.7 Å². The Balaban J connectivity index is 1.56. The van der Waals surface area contributed by atoms with Crippen molar-refractivity contribution < 1.29 is 14.0 Å². The standard InChI is InChI=1S/C20H15FN2O2S/c21-15-9-5-4-8-14(15)19(25)23-20-22-16-10-13(11-17(24)18(16)26-20)12-6-2-1-3-7-12/h1-9,13H,10-11H2,(H,22,23,25). The van der Waals surface area contributed by atoms with Crippen LogP contribution in [-0.2, 0) is 6.42 Å². The molecule has 3 aromatic rings. The van der Waals surface area contributed by atoms with E-state index in [2.05, 4.69) is 10.3 Å². The van der Waals surface area contributed by atoms with Crippen LogP contribution in [0, 0.1) is 5.82 Å². The summed E-state index contributed by atoms with van der Waals surface area (Å²) >= 11 is 1.15. The van der Waals surface area contributed by atoms with Crippen molar-refractivity contribution in [3.63, 3.8) is 0 Å². The number of Topliss-reactive ketones (excluding diaryl/α,β-unsaturated/α-hetero) is 1. The van der Waals surface area contributed by atoms with Crippen LogP contribution < -0.4 is 5.32 Å². The van der Waals surface area contributed by atoms with Crippen LogP contribution in [-0.4, -0.2) is 16.7 Å². The van der Waals surface area contributed by atoms with Crippen molar-refractivity contribution >= 4 is 28.2 Å². The summed E-state index contributed by atoms with van der Waals surface area (Å²) < 4.78 is 13.7. The summed E-state index contributed by atoms with van der Waals surface area (Å²) in [6, 6.07) is 15.6. The summed E-state index contributed by atoms with van der Waals surface area (Å²) in [4.78, 5) is 29.7. The molecule has 130 valence electrons. The second-order valence-corrected chi connectivity index (χ2v) is 7.17. The molecule has 4 nitrogen and oxygen atoms in total. The van der Waals surface area contributed by atoms with Gasteiger partial charge in [-0.15, -0.1) is 0 Å². The van der Waals surface area contributed by atoms with Gasteiger partial charge >= 0.3 is 0 Å². The summed E-state index contributed by atoms with van der Waals surface area (Å²) in [6.45, 7) is 0. The molecular weight excluding hydrogens is 351 g/mol. The number of rotatable bonds is 3. The zero-order valence-corrected chi connectivity index (χ0v) is 14.6. The Morgan fingerprint density at radius 1 is 1.08 bits per heavy atom. The average molecular weight is 366 g/mol. The van der Waals surface area contributed by atoms with Gasteiger partial charge < -0.3 is 0 Å². The molecule has 1 aliphatic carbocycles. The molecule has 0 bridgehead atoms. The highest BCUT2D eigenvalue weighted by Gasteiger charge is 2.30. The molecule has 2 aromatic carbocycles. The van der Waals surface area contributed by atoms with Crippen LogP contribution in [0.2, 0.25) is 0 Å². The summed E-state index contributed by atoms with van der Waals surface area (Å²) in [5.74, 6) is -1.04. The third kappa shape index (κ3) is 3.15. The first kappa shape index (κ1) is 16.6. The highest BCUT2D eigenvalue weighted by atomic mass is 32.1. The fourth-order valence-electron chi connectivity index (χ4n) is 3.15. The number of ketones is 1. The lowest BCUT2D eigenvalue weighted by Crippen LogP contribution is -2.17. The number of nitrogens with one attached hydrogen (secondary N) is 1. The van der Waals surface area contributed by atoms with Gasteiger partial charge in [-0.2, -0.15) is 0 Å². The van der Waals surface area contributed by atoms with Gasteiger partial charge in [0.2, 0.25) is 0 Å². The van der Waals surface area contributed by atoms with Gasteiger partial charge in [-0.05, 0) is 30.0 Å². The molecule has 1 N–H and O–H groups in total. The van der Waals surface area contributed by atoms with E-state index in [4.69, 9.17) is 0 Å². The molecule has 0 saturated carbocycles. The van der Waals surface area contributed by atoms with E-state index in [1.54, 1.807) is 6.07 Å². The van der Waals surface area contributed by atoms with Crippen molar-refractivity contribution in [2.24, 2.45) is 0 Å². The number of nitrogens with zero attached hydrogens (tertiary/aromatic N) is 1. The topological polar surface area (TPSA) is 59.1 Å². The number of anilines is 1. The molecule has 0 aliphatic heterocycles. The maximum Gasteiger partial charge on any atom is 0.260 e. The highest BCUT2D eigenvalue weighted by Crippen LogP contribution is 2.36. The van der Waals surface area contributed by atoms with Crippen LogP contribution in [0.3, 0.4) is 0 Å². The number of amides is 1. The molecule has 26 heavy (non-hydrogen) atoms. The first-order valence-electron chi connectivity index (χ1n) is 8.25. The predicted molar refractivity (Wildman–Crippen MR) is 98.3 cm³/mol. The normalized spacial score (nSPS) is 16.2. The number of carbonyl (C=O) groups excluding carboxylic acids is 2. The van der Waals surface area contributed by atoms with Gasteiger partial charge in [-0.3, -0.25) is 14.9 Å². The van der Waals surface area contributed by atoms with E-state index >= 15 is 0 Å². The van der Waals surface area contributed by atoms with Crippen LogP contribution in [0.4, 0.5) is 9.52 Å². The number of halogens is 1. The fourth-order valence-corrected chi connectivity index (χ4v) is 4.09. The lowest BCUT2D eigenvalue weighted by atomic mass is 9.85. The van der Waals surface area contributed by atoms with E-state index in [9.17, 15) is 14.0 Å². The van der Waals surface area contributed by atoms with Gasteiger partial charge in [-0.25, -0.2) is 9.37 Å². The first-order valence-corrected chi connectivity index (χ1v) is 9.07. The third-order valence-corrected chi connectivity index (χ3v) is 5.49. The average Bonchev–Trinajstić information content (AvgIpc) is 3.06. The lowest BCUT2D eigenvalue weighted by molar-refractivity contribution is 0.0967. The third-order valence-electron chi connectivity index (χ3n) is 4.43. The summed E-state index contributed by atoms with van der Waals surface area (Å²) in [5.41, 5.74) is 1.76. The van der Waals surface area contributed by atoms with E-state index in [1.807, 2.05) is 30.3 Å². The van der Waals surface area contributed by atoms with Crippen molar-refractivity contribution in [1.29, 1.82) is 0 Å². The zero-order valence-electron chi connectivity index (χ0n) is 13.7. The first-order chi connectivity index (χ1) is 12.6. The number of fused-ring (bicyclic) bond motifs is 1. The largest absolute Gasteiger partial charge is 0.298 e. The number of thiazole rings is 1. The Morgan fingerprint density at radius 3 is 2.58 bits per heavy atom. The number of carbonyl (C=O) groups is 2. The summed E-state index contributed by atoms with van der Waals surface area (Å²) in [7, 11) is 0. The highest BCUT2D eigenvalue weighted by molar-refractivity contribution is 7.17. The number of hydrogen-bond donors (Lipinski definition) is 1. The number of benzene rings is 2. The smallest absolute Gasteiger partial charge is 0.260 e. The van der Waals surface area contributed by atoms with E-state index in [1.165, 1.54) is 18.2 Å². The Morgan fingerprint density at radius 2 is 1.81 bits per heavy atom. The van der Waals surface area contributed by atoms with Crippen LogP contribution >= 0.6 is 11.3 Å². The summed E-state index contributed by atoms with van der Waals surface area (Å²) in [5, 5.41) is 2.93. The molecule has 0 fully saturated rings. The molecule has 1 amide bonds. The van der Waals surface area contributed by atoms with Crippen LogP contribution in [0.15, 0.2) is 54.6 Å². The Bertz CT molecular complexity index is 984. The minimum Gasteiger partial charge on any atom is -0.298 e. The van der Waals surface area contributed by atoms with Crippen molar-refractivity contribution in [3.8, 4) is 0 Å². The van der Waals surface area contributed by atoms with Gasteiger partial charge in [0.1, 0.15) is 5.82 Å². The van der Waals surface area contributed by atoms with Gasteiger partial charge in [0, 0.05) is 6.42 Å². The van der Waals surface area contributed by atoms with E-state index in [0.717, 1.165) is 16.9 Å². The SMILES string of the molecule is O=C(Nc1nc2c(s1)C(=O)CC(c1ccccc1)C2)c1ccccc1F. The van der Waals surface area contributed by atoms with Crippen LogP contribution in [0.25, 0.3) is 0 Å². The Labute approximate surface area is 153 Å². The van der Waals surface area contributed by atoms with Crippen molar-refractivity contribution in [2.75, 3.05) is 5.32 Å². The molecule has 1 heterocycles. The zero-order chi connectivity index (χ0) is 18.1. The van der Waals surface area contributed by atoms with Crippen LogP contribution in [0.1, 0.15) is 43.6 Å². The summed E-state index contributed by atoms with van der Waals surface area (Å²) in [6.07, 6.45) is 1.08. The van der Waals surface area contributed by atoms with Crippen LogP contribution in [0.5, 0.6) is 0 Å². The molecule has 1 unspecified atom stereocenters. The maximum atomic E-state index is 13.7. The maximum absolute atomic E-state index is 13.7. The molecule has 4 rings (SSSR count). The Kier molecular flexibility index (Phi) is 4.34. The second kappa shape index (κ2) is 6.80. The van der Waals surface area contributed by atoms with Gasteiger partial charge in [0.05, 0.1) is 16.1 Å². The van der Waals surface area contributed by atoms with Crippen molar-refractivity contribution in [1.82, 2.24) is 4.98 Å². The predicted octanol–water partition coefficient (Wildman–Crippen LogP) is 4.45. The van der Waals surface area contributed by atoms with E-state index in [0.29, 0.717) is 28.5 Å². The van der Waals surface area contributed by atoms with Gasteiger partial charge in [0.25, 0.3) is 5.91 Å². The molecular formula is C20H15FN2O2S. The van der Waals surface area contributed by atoms with Gasteiger partial charge in [0.15, 0.2) is 10.9 Å². The molecule has 0 saturated heterocycles. The molecule has 1 aromatic heterocycles. The molecule has 6 heteroatoms. The van der Waals surface area contributed by atoms with E-state index in [-0.39, 0.29) is 17.3 Å². The minimum absolute atomic E-state index is 0.0315. The lowest BCUT2D eigenvalue weighted by Gasteiger charge is -2.20. The fraction of sp³-hybridized carbons (Fsp3) is 0.150. The van der Waals surface area contributed by atoms with Crippen molar-refractivity contribution in [2.45, 2.75) is 18.8 Å². The monoisotopic (exact) mass is 366 g/mol. The second-order valence-electron chi connectivity index (χ2n) is 6.17. The molecule has 0 radical (unpaired) electrons.